The van der Waals surface area contributed by atoms with Gasteiger partial charge in [-0.15, -0.1) is 0 Å². The Balaban J connectivity index is 2.30. The molecule has 0 radical (unpaired) electrons. The summed E-state index contributed by atoms with van der Waals surface area (Å²) in [7, 11) is 1.36. The van der Waals surface area contributed by atoms with Gasteiger partial charge in [0.1, 0.15) is 12.4 Å². The Bertz CT molecular complexity index is 389. The van der Waals surface area contributed by atoms with Gasteiger partial charge in [0.25, 0.3) is 0 Å². The molecule has 0 fully saturated rings. The second-order valence-corrected chi connectivity index (χ2v) is 3.56. The molecule has 1 unspecified atom stereocenters. The molecule has 0 bridgehead atoms. The molecule has 0 aliphatic carbocycles. The van der Waals surface area contributed by atoms with Crippen molar-refractivity contribution < 1.29 is 14.3 Å². The molecule has 1 heterocycles. The fraction of sp³-hybridized carbons (Fsp3) is 0.364. The second kappa shape index (κ2) is 3.81. The minimum absolute atomic E-state index is 0.293. The lowest BCUT2D eigenvalue weighted by molar-refractivity contribution is 0.0600. The number of carbonyl (C=O) groups excluding carboxylic acids is 1. The van der Waals surface area contributed by atoms with Crippen LogP contribution in [0.5, 0.6) is 5.75 Å². The van der Waals surface area contributed by atoms with E-state index in [-0.39, 0.29) is 5.97 Å². The van der Waals surface area contributed by atoms with Crippen molar-refractivity contribution in [1.29, 1.82) is 0 Å². The number of hydrogen-bond acceptors (Lipinski definition) is 4. The van der Waals surface area contributed by atoms with Crippen molar-refractivity contribution in [3.8, 4) is 5.75 Å². The zero-order valence-electron chi connectivity index (χ0n) is 8.74. The molecule has 4 heteroatoms. The normalized spacial score (nSPS) is 18.4. The van der Waals surface area contributed by atoms with Crippen LogP contribution in [0.3, 0.4) is 0 Å². The Morgan fingerprint density at radius 3 is 3.13 bits per heavy atom. The Kier molecular flexibility index (Phi) is 2.49. The van der Waals surface area contributed by atoms with Crippen molar-refractivity contribution in [1.82, 2.24) is 0 Å². The molecule has 1 aromatic carbocycles. The molecular formula is C11H13NO3. The van der Waals surface area contributed by atoms with Crippen LogP contribution in [0, 0.1) is 0 Å². The lowest BCUT2D eigenvalue weighted by atomic mass is 10.1. The summed E-state index contributed by atoms with van der Waals surface area (Å²) in [4.78, 5) is 11.3. The van der Waals surface area contributed by atoms with Crippen LogP contribution in [-0.2, 0) is 4.74 Å². The lowest BCUT2D eigenvalue weighted by Crippen LogP contribution is -2.28. The van der Waals surface area contributed by atoms with Gasteiger partial charge in [0.15, 0.2) is 0 Å². The average molecular weight is 207 g/mol. The van der Waals surface area contributed by atoms with Gasteiger partial charge in [-0.25, -0.2) is 4.79 Å². The minimum Gasteiger partial charge on any atom is -0.489 e. The lowest BCUT2D eigenvalue weighted by Gasteiger charge is -2.24. The van der Waals surface area contributed by atoms with Crippen LogP contribution >= 0.6 is 0 Å². The Labute approximate surface area is 88.2 Å². The van der Waals surface area contributed by atoms with Gasteiger partial charge in [-0.3, -0.25) is 0 Å². The maximum absolute atomic E-state index is 11.3. The van der Waals surface area contributed by atoms with E-state index in [1.165, 1.54) is 7.11 Å². The van der Waals surface area contributed by atoms with Crippen LogP contribution < -0.4 is 10.1 Å². The Morgan fingerprint density at radius 1 is 1.60 bits per heavy atom. The summed E-state index contributed by atoms with van der Waals surface area (Å²) in [5.41, 5.74) is 1.43. The number of methoxy groups -OCH3 is 1. The molecule has 4 nitrogen and oxygen atoms in total. The standard InChI is InChI=1S/C11H13NO3/c1-7-6-15-10-5-8(11(13)14-2)3-4-9(10)12-7/h3-5,7,12H,6H2,1-2H3. The molecule has 1 atom stereocenters. The predicted molar refractivity (Wildman–Crippen MR) is 56.4 cm³/mol. The van der Waals surface area contributed by atoms with Gasteiger partial charge in [0, 0.05) is 0 Å². The van der Waals surface area contributed by atoms with Crippen molar-refractivity contribution in [3.63, 3.8) is 0 Å². The Morgan fingerprint density at radius 2 is 2.40 bits per heavy atom. The van der Waals surface area contributed by atoms with Crippen molar-refractivity contribution in [3.05, 3.63) is 23.8 Å². The number of esters is 1. The third-order valence-electron chi connectivity index (χ3n) is 2.29. The molecular weight excluding hydrogens is 194 g/mol. The van der Waals surface area contributed by atoms with E-state index in [4.69, 9.17) is 4.74 Å². The van der Waals surface area contributed by atoms with Gasteiger partial charge in [-0.1, -0.05) is 0 Å². The fourth-order valence-corrected chi connectivity index (χ4v) is 1.53. The van der Waals surface area contributed by atoms with Gasteiger partial charge in [-0.2, -0.15) is 0 Å². The summed E-state index contributed by atoms with van der Waals surface area (Å²) < 4.78 is 10.1. The molecule has 1 aliphatic rings. The van der Waals surface area contributed by atoms with E-state index < -0.39 is 0 Å². The van der Waals surface area contributed by atoms with E-state index >= 15 is 0 Å². The number of hydrogen-bond donors (Lipinski definition) is 1. The minimum atomic E-state index is -0.347. The zero-order valence-corrected chi connectivity index (χ0v) is 8.74. The maximum Gasteiger partial charge on any atom is 0.337 e. The molecule has 80 valence electrons. The van der Waals surface area contributed by atoms with Crippen molar-refractivity contribution in [2.75, 3.05) is 19.0 Å². The van der Waals surface area contributed by atoms with E-state index in [1.807, 2.05) is 13.0 Å². The summed E-state index contributed by atoms with van der Waals surface area (Å²) in [5.74, 6) is 0.357. The molecule has 2 rings (SSSR count). The smallest absolute Gasteiger partial charge is 0.337 e. The predicted octanol–water partition coefficient (Wildman–Crippen LogP) is 1.67. The van der Waals surface area contributed by atoms with E-state index in [9.17, 15) is 4.79 Å². The van der Waals surface area contributed by atoms with Crippen LogP contribution in [-0.4, -0.2) is 25.7 Å². The van der Waals surface area contributed by atoms with E-state index in [0.717, 1.165) is 5.69 Å². The molecule has 1 aromatic rings. The van der Waals surface area contributed by atoms with Gasteiger partial charge < -0.3 is 14.8 Å². The number of benzene rings is 1. The summed E-state index contributed by atoms with van der Waals surface area (Å²) in [6, 6.07) is 5.54. The average Bonchev–Trinajstić information content (AvgIpc) is 2.27. The number of anilines is 1. The summed E-state index contributed by atoms with van der Waals surface area (Å²) >= 11 is 0. The molecule has 1 N–H and O–H groups in total. The first-order valence-electron chi connectivity index (χ1n) is 4.82. The largest absolute Gasteiger partial charge is 0.489 e. The Hall–Kier alpha value is -1.71. The van der Waals surface area contributed by atoms with Crippen LogP contribution in [0.15, 0.2) is 18.2 Å². The molecule has 0 aromatic heterocycles. The first kappa shape index (κ1) is 9.83. The van der Waals surface area contributed by atoms with Crippen LogP contribution in [0.4, 0.5) is 5.69 Å². The molecule has 0 saturated carbocycles. The van der Waals surface area contributed by atoms with Gasteiger partial charge >= 0.3 is 5.97 Å². The number of rotatable bonds is 1. The highest BCUT2D eigenvalue weighted by Crippen LogP contribution is 2.29. The van der Waals surface area contributed by atoms with Gasteiger partial charge in [-0.05, 0) is 25.1 Å². The van der Waals surface area contributed by atoms with Crippen LogP contribution in [0.25, 0.3) is 0 Å². The summed E-state index contributed by atoms with van der Waals surface area (Å²) in [6.07, 6.45) is 0. The molecule has 0 amide bonds. The third kappa shape index (κ3) is 1.88. The number of fused-ring (bicyclic) bond motifs is 1. The summed E-state index contributed by atoms with van der Waals surface area (Å²) in [5, 5.41) is 3.27. The molecule has 1 aliphatic heterocycles. The monoisotopic (exact) mass is 207 g/mol. The first-order valence-corrected chi connectivity index (χ1v) is 4.82. The van der Waals surface area contributed by atoms with E-state index in [1.54, 1.807) is 12.1 Å². The molecule has 0 spiro atoms. The third-order valence-corrected chi connectivity index (χ3v) is 2.29. The first-order chi connectivity index (χ1) is 7.20. The highest BCUT2D eigenvalue weighted by molar-refractivity contribution is 5.90. The van der Waals surface area contributed by atoms with E-state index in [0.29, 0.717) is 24.0 Å². The number of nitrogens with one attached hydrogen (secondary N) is 1. The summed E-state index contributed by atoms with van der Waals surface area (Å²) in [6.45, 7) is 2.65. The van der Waals surface area contributed by atoms with Gasteiger partial charge in [0.05, 0.1) is 24.4 Å². The van der Waals surface area contributed by atoms with Crippen LogP contribution in [0.2, 0.25) is 0 Å². The highest BCUT2D eigenvalue weighted by atomic mass is 16.5. The number of carbonyl (C=O) groups is 1. The van der Waals surface area contributed by atoms with Gasteiger partial charge in [0.2, 0.25) is 0 Å². The topological polar surface area (TPSA) is 47.6 Å². The van der Waals surface area contributed by atoms with Crippen molar-refractivity contribution in [2.24, 2.45) is 0 Å². The van der Waals surface area contributed by atoms with Crippen molar-refractivity contribution >= 4 is 11.7 Å². The maximum atomic E-state index is 11.3. The SMILES string of the molecule is COC(=O)c1ccc2c(c1)OCC(C)N2. The highest BCUT2D eigenvalue weighted by Gasteiger charge is 2.17. The fourth-order valence-electron chi connectivity index (χ4n) is 1.53. The number of ether oxygens (including phenoxy) is 2. The molecule has 0 saturated heterocycles. The molecule has 15 heavy (non-hydrogen) atoms. The quantitative estimate of drug-likeness (QED) is 0.711. The van der Waals surface area contributed by atoms with Crippen LogP contribution in [0.1, 0.15) is 17.3 Å². The zero-order chi connectivity index (χ0) is 10.8. The second-order valence-electron chi connectivity index (χ2n) is 3.56. The van der Waals surface area contributed by atoms with Crippen molar-refractivity contribution in [2.45, 2.75) is 13.0 Å². The van der Waals surface area contributed by atoms with E-state index in [2.05, 4.69) is 10.1 Å².